The standard InChI is InChI=1S/C25H27NO/c1-25(2,3)18-26-24(27)12-6-4-5-9-19-13-16-23-21(17-19)15-14-20-10-7-8-11-22(20)23/h4-8,10-17H,9,18H2,1-3H3,(H,26,27)/b5-4+,12-6+. The molecule has 0 fully saturated rings. The summed E-state index contributed by atoms with van der Waals surface area (Å²) in [5, 5.41) is 8.02. The second-order valence-electron chi connectivity index (χ2n) is 8.11. The number of hydrogen-bond donors (Lipinski definition) is 1. The third kappa shape index (κ3) is 5.30. The van der Waals surface area contributed by atoms with Gasteiger partial charge in [-0.1, -0.05) is 93.6 Å². The molecule has 1 amide bonds. The topological polar surface area (TPSA) is 29.1 Å². The fourth-order valence-electron chi connectivity index (χ4n) is 3.03. The van der Waals surface area contributed by atoms with Crippen molar-refractivity contribution in [3.8, 4) is 0 Å². The van der Waals surface area contributed by atoms with Crippen LogP contribution >= 0.6 is 0 Å². The zero-order valence-corrected chi connectivity index (χ0v) is 16.3. The molecular formula is C25H27NO. The second-order valence-corrected chi connectivity index (χ2v) is 8.11. The van der Waals surface area contributed by atoms with Gasteiger partial charge >= 0.3 is 0 Å². The Bertz CT molecular complexity index is 1010. The Kier molecular flexibility index (Phi) is 5.75. The molecule has 0 spiro atoms. The lowest BCUT2D eigenvalue weighted by Crippen LogP contribution is -2.30. The van der Waals surface area contributed by atoms with Crippen LogP contribution in [0, 0.1) is 5.41 Å². The summed E-state index contributed by atoms with van der Waals surface area (Å²) < 4.78 is 0. The molecule has 3 rings (SSSR count). The highest BCUT2D eigenvalue weighted by molar-refractivity contribution is 6.07. The molecule has 0 saturated heterocycles. The molecule has 0 aromatic heterocycles. The molecule has 0 aliphatic rings. The minimum absolute atomic E-state index is 0.0489. The van der Waals surface area contributed by atoms with E-state index in [9.17, 15) is 4.79 Å². The fourth-order valence-corrected chi connectivity index (χ4v) is 3.03. The summed E-state index contributed by atoms with van der Waals surface area (Å²) in [6.07, 6.45) is 8.23. The third-order valence-corrected chi connectivity index (χ3v) is 4.45. The molecule has 3 aromatic carbocycles. The Labute approximate surface area is 161 Å². The molecular weight excluding hydrogens is 330 g/mol. The number of carbonyl (C=O) groups is 1. The Morgan fingerprint density at radius 1 is 0.926 bits per heavy atom. The van der Waals surface area contributed by atoms with E-state index in [1.165, 1.54) is 27.1 Å². The number of benzene rings is 3. The normalized spacial score (nSPS) is 12.4. The number of nitrogens with one attached hydrogen (secondary N) is 1. The van der Waals surface area contributed by atoms with Gasteiger partial charge in [-0.05, 0) is 38.9 Å². The van der Waals surface area contributed by atoms with Crippen LogP contribution in [0.25, 0.3) is 21.5 Å². The third-order valence-electron chi connectivity index (χ3n) is 4.45. The molecule has 0 heterocycles. The summed E-state index contributed by atoms with van der Waals surface area (Å²) in [5.74, 6) is -0.0489. The van der Waals surface area contributed by atoms with Crippen LogP contribution in [0.15, 0.2) is 78.9 Å². The van der Waals surface area contributed by atoms with Gasteiger partial charge in [-0.25, -0.2) is 0 Å². The Morgan fingerprint density at radius 3 is 2.48 bits per heavy atom. The van der Waals surface area contributed by atoms with E-state index in [0.29, 0.717) is 6.54 Å². The van der Waals surface area contributed by atoms with E-state index in [1.54, 1.807) is 12.2 Å². The first kappa shape index (κ1) is 18.9. The van der Waals surface area contributed by atoms with Gasteiger partial charge in [-0.3, -0.25) is 4.79 Å². The molecule has 0 bridgehead atoms. The quantitative estimate of drug-likeness (QED) is 0.348. The maximum Gasteiger partial charge on any atom is 0.243 e. The maximum absolute atomic E-state index is 11.7. The molecule has 0 unspecified atom stereocenters. The van der Waals surface area contributed by atoms with Gasteiger partial charge in [-0.15, -0.1) is 0 Å². The zero-order valence-electron chi connectivity index (χ0n) is 16.3. The molecule has 0 saturated carbocycles. The average molecular weight is 357 g/mol. The number of rotatable bonds is 5. The van der Waals surface area contributed by atoms with Crippen LogP contribution in [0.2, 0.25) is 0 Å². The van der Waals surface area contributed by atoms with E-state index in [1.807, 2.05) is 6.08 Å². The Hall–Kier alpha value is -2.87. The first-order valence-corrected chi connectivity index (χ1v) is 9.44. The lowest BCUT2D eigenvalue weighted by atomic mass is 9.97. The first-order chi connectivity index (χ1) is 12.9. The van der Waals surface area contributed by atoms with Crippen molar-refractivity contribution >= 4 is 27.5 Å². The van der Waals surface area contributed by atoms with Gasteiger partial charge in [0, 0.05) is 12.6 Å². The highest BCUT2D eigenvalue weighted by atomic mass is 16.1. The Balaban J connectivity index is 1.62. The van der Waals surface area contributed by atoms with E-state index < -0.39 is 0 Å². The Morgan fingerprint density at radius 2 is 1.67 bits per heavy atom. The predicted molar refractivity (Wildman–Crippen MR) is 116 cm³/mol. The van der Waals surface area contributed by atoms with Gasteiger partial charge in [0.15, 0.2) is 0 Å². The molecule has 2 heteroatoms. The minimum Gasteiger partial charge on any atom is -0.352 e. The van der Waals surface area contributed by atoms with Gasteiger partial charge < -0.3 is 5.32 Å². The van der Waals surface area contributed by atoms with Crippen LogP contribution in [0.3, 0.4) is 0 Å². The number of hydrogen-bond acceptors (Lipinski definition) is 1. The lowest BCUT2D eigenvalue weighted by Gasteiger charge is -2.17. The first-order valence-electron chi connectivity index (χ1n) is 9.44. The largest absolute Gasteiger partial charge is 0.352 e. The molecule has 138 valence electrons. The van der Waals surface area contributed by atoms with Crippen LogP contribution in [-0.4, -0.2) is 12.5 Å². The van der Waals surface area contributed by atoms with E-state index in [4.69, 9.17) is 0 Å². The number of amides is 1. The van der Waals surface area contributed by atoms with Gasteiger partial charge in [0.25, 0.3) is 0 Å². The van der Waals surface area contributed by atoms with E-state index in [2.05, 4.69) is 86.8 Å². The van der Waals surface area contributed by atoms with Crippen molar-refractivity contribution < 1.29 is 4.79 Å². The van der Waals surface area contributed by atoms with Crippen molar-refractivity contribution in [3.05, 3.63) is 84.5 Å². The van der Waals surface area contributed by atoms with Crippen LogP contribution in [-0.2, 0) is 11.2 Å². The second kappa shape index (κ2) is 8.22. The van der Waals surface area contributed by atoms with E-state index in [-0.39, 0.29) is 11.3 Å². The van der Waals surface area contributed by atoms with Crippen LogP contribution in [0.4, 0.5) is 0 Å². The zero-order chi connectivity index (χ0) is 19.3. The predicted octanol–water partition coefficient (Wildman–Crippen LogP) is 5.81. The summed E-state index contributed by atoms with van der Waals surface area (Å²) in [5.41, 5.74) is 1.36. The fraction of sp³-hybridized carbons (Fsp3) is 0.240. The molecule has 27 heavy (non-hydrogen) atoms. The van der Waals surface area contributed by atoms with Gasteiger partial charge in [0.1, 0.15) is 0 Å². The SMILES string of the molecule is CC(C)(C)CNC(=O)/C=C/C=C/Cc1ccc2c(ccc3ccccc32)c1. The van der Waals surface area contributed by atoms with Gasteiger partial charge in [-0.2, -0.15) is 0 Å². The average Bonchev–Trinajstić information content (AvgIpc) is 2.65. The van der Waals surface area contributed by atoms with E-state index >= 15 is 0 Å². The van der Waals surface area contributed by atoms with Crippen molar-refractivity contribution in [1.29, 1.82) is 0 Å². The van der Waals surface area contributed by atoms with E-state index in [0.717, 1.165) is 6.42 Å². The molecule has 3 aromatic rings. The lowest BCUT2D eigenvalue weighted by molar-refractivity contribution is -0.116. The smallest absolute Gasteiger partial charge is 0.243 e. The van der Waals surface area contributed by atoms with Crippen molar-refractivity contribution in [3.63, 3.8) is 0 Å². The van der Waals surface area contributed by atoms with Crippen molar-refractivity contribution in [1.82, 2.24) is 5.32 Å². The minimum atomic E-state index is -0.0489. The van der Waals surface area contributed by atoms with Crippen LogP contribution < -0.4 is 5.32 Å². The van der Waals surface area contributed by atoms with Gasteiger partial charge in [0.05, 0.1) is 0 Å². The van der Waals surface area contributed by atoms with Crippen molar-refractivity contribution in [2.24, 2.45) is 5.41 Å². The molecule has 0 atom stereocenters. The summed E-state index contributed by atoms with van der Waals surface area (Å²) in [4.78, 5) is 11.7. The molecule has 0 aliphatic heterocycles. The highest BCUT2D eigenvalue weighted by Gasteiger charge is 2.10. The summed E-state index contributed by atoms with van der Waals surface area (Å²) in [7, 11) is 0. The number of carbonyl (C=O) groups excluding carboxylic acids is 1. The summed E-state index contributed by atoms with van der Waals surface area (Å²) in [6, 6.07) is 19.5. The molecule has 0 aliphatic carbocycles. The van der Waals surface area contributed by atoms with Crippen LogP contribution in [0.1, 0.15) is 26.3 Å². The van der Waals surface area contributed by atoms with Crippen LogP contribution in [0.5, 0.6) is 0 Å². The number of allylic oxidation sites excluding steroid dienone is 3. The monoisotopic (exact) mass is 357 g/mol. The summed E-state index contributed by atoms with van der Waals surface area (Å²) >= 11 is 0. The molecule has 0 radical (unpaired) electrons. The van der Waals surface area contributed by atoms with Gasteiger partial charge in [0.2, 0.25) is 5.91 Å². The number of fused-ring (bicyclic) bond motifs is 3. The maximum atomic E-state index is 11.7. The van der Waals surface area contributed by atoms with Crippen molar-refractivity contribution in [2.45, 2.75) is 27.2 Å². The van der Waals surface area contributed by atoms with Crippen molar-refractivity contribution in [2.75, 3.05) is 6.54 Å². The molecule has 1 N–H and O–H groups in total. The summed E-state index contributed by atoms with van der Waals surface area (Å²) in [6.45, 7) is 6.97. The molecule has 2 nitrogen and oxygen atoms in total. The highest BCUT2D eigenvalue weighted by Crippen LogP contribution is 2.26.